The monoisotopic (exact) mass is 496 g/mol. The van der Waals surface area contributed by atoms with E-state index in [1.54, 1.807) is 12.0 Å². The van der Waals surface area contributed by atoms with Crippen molar-refractivity contribution in [1.29, 1.82) is 0 Å². The molecule has 0 saturated carbocycles. The fraction of sp³-hybridized carbons (Fsp3) is 0.565. The van der Waals surface area contributed by atoms with Gasteiger partial charge in [0.2, 0.25) is 5.91 Å². The minimum atomic E-state index is -4.48. The first-order valence-electron chi connectivity index (χ1n) is 11.5. The molecular weight excluding hydrogens is 465 g/mol. The quantitative estimate of drug-likeness (QED) is 0.536. The van der Waals surface area contributed by atoms with E-state index in [9.17, 15) is 22.8 Å². The maximum absolute atomic E-state index is 13.3. The Balaban J connectivity index is 1.64. The van der Waals surface area contributed by atoms with Crippen LogP contribution < -0.4 is 5.32 Å². The predicted octanol–water partition coefficient (Wildman–Crippen LogP) is 2.32. The standard InChI is InChI=1S/C23H31F3N6O3/c1-16(2)21-18(14-29-32(21)19-6-5-17(13-28-19)23(24,25)26)22(34)31-10-8-30(9-11-31)15-20(33)27-7-4-12-35-3/h5-6,13-14,16H,4,7-12,15H2,1-3H3,(H,27,33). The number of nitrogens with one attached hydrogen (secondary N) is 1. The van der Waals surface area contributed by atoms with Gasteiger partial charge < -0.3 is 15.0 Å². The largest absolute Gasteiger partial charge is 0.417 e. The number of alkyl halides is 3. The van der Waals surface area contributed by atoms with Gasteiger partial charge in [-0.3, -0.25) is 14.5 Å². The Labute approximate surface area is 202 Å². The highest BCUT2D eigenvalue weighted by atomic mass is 19.4. The maximum atomic E-state index is 13.3. The van der Waals surface area contributed by atoms with Gasteiger partial charge in [-0.2, -0.15) is 18.3 Å². The summed E-state index contributed by atoms with van der Waals surface area (Å²) in [7, 11) is 1.61. The van der Waals surface area contributed by atoms with E-state index in [-0.39, 0.29) is 30.1 Å². The molecule has 0 atom stereocenters. The Morgan fingerprint density at radius 2 is 1.86 bits per heavy atom. The van der Waals surface area contributed by atoms with E-state index in [0.717, 1.165) is 18.7 Å². The molecule has 1 aliphatic rings. The van der Waals surface area contributed by atoms with Crippen LogP contribution >= 0.6 is 0 Å². The summed E-state index contributed by atoms with van der Waals surface area (Å²) in [4.78, 5) is 33.0. The van der Waals surface area contributed by atoms with Gasteiger partial charge in [-0.25, -0.2) is 9.67 Å². The molecule has 35 heavy (non-hydrogen) atoms. The van der Waals surface area contributed by atoms with Gasteiger partial charge >= 0.3 is 6.18 Å². The fourth-order valence-electron chi connectivity index (χ4n) is 3.92. The molecule has 0 radical (unpaired) electrons. The molecule has 9 nitrogen and oxygen atoms in total. The van der Waals surface area contributed by atoms with Crippen molar-refractivity contribution in [3.63, 3.8) is 0 Å². The van der Waals surface area contributed by atoms with E-state index < -0.39 is 11.7 Å². The number of amides is 2. The van der Waals surface area contributed by atoms with E-state index >= 15 is 0 Å². The number of halogens is 3. The number of methoxy groups -OCH3 is 1. The normalized spacial score (nSPS) is 15.0. The molecule has 0 aliphatic carbocycles. The summed E-state index contributed by atoms with van der Waals surface area (Å²) in [6.45, 7) is 7.21. The number of hydrogen-bond acceptors (Lipinski definition) is 6. The van der Waals surface area contributed by atoms with Gasteiger partial charge in [0.15, 0.2) is 5.82 Å². The van der Waals surface area contributed by atoms with Gasteiger partial charge in [-0.1, -0.05) is 13.8 Å². The Morgan fingerprint density at radius 3 is 2.43 bits per heavy atom. The minimum Gasteiger partial charge on any atom is -0.385 e. The van der Waals surface area contributed by atoms with Gasteiger partial charge in [-0.05, 0) is 24.5 Å². The summed E-state index contributed by atoms with van der Waals surface area (Å²) in [5.74, 6) is -0.172. The van der Waals surface area contributed by atoms with E-state index in [0.29, 0.717) is 50.6 Å². The topological polar surface area (TPSA) is 92.6 Å². The van der Waals surface area contributed by atoms with Crippen molar-refractivity contribution in [2.24, 2.45) is 0 Å². The number of piperazine rings is 1. The Morgan fingerprint density at radius 1 is 1.14 bits per heavy atom. The second-order valence-corrected chi connectivity index (χ2v) is 8.68. The molecule has 12 heteroatoms. The molecule has 2 amide bonds. The van der Waals surface area contributed by atoms with Crippen LogP contribution in [0.25, 0.3) is 5.82 Å². The highest BCUT2D eigenvalue weighted by Crippen LogP contribution is 2.29. The van der Waals surface area contributed by atoms with Crippen molar-refractivity contribution in [1.82, 2.24) is 29.9 Å². The molecule has 1 fully saturated rings. The Bertz CT molecular complexity index is 999. The van der Waals surface area contributed by atoms with Crippen LogP contribution in [0.4, 0.5) is 13.2 Å². The summed E-state index contributed by atoms with van der Waals surface area (Å²) in [6, 6.07) is 2.19. The lowest BCUT2D eigenvalue weighted by atomic mass is 10.0. The number of pyridine rings is 1. The van der Waals surface area contributed by atoms with Crippen molar-refractivity contribution in [3.05, 3.63) is 41.3 Å². The third-order valence-corrected chi connectivity index (χ3v) is 5.75. The molecular formula is C23H31F3N6O3. The average molecular weight is 497 g/mol. The molecule has 192 valence electrons. The number of ether oxygens (including phenoxy) is 1. The molecule has 1 saturated heterocycles. The van der Waals surface area contributed by atoms with Crippen LogP contribution in [0.15, 0.2) is 24.5 Å². The van der Waals surface area contributed by atoms with E-state index in [4.69, 9.17) is 4.74 Å². The zero-order chi connectivity index (χ0) is 25.6. The fourth-order valence-corrected chi connectivity index (χ4v) is 3.92. The molecule has 2 aromatic rings. The number of aromatic nitrogens is 3. The molecule has 0 bridgehead atoms. The summed E-state index contributed by atoms with van der Waals surface area (Å²) in [5, 5.41) is 7.12. The summed E-state index contributed by atoms with van der Waals surface area (Å²) >= 11 is 0. The van der Waals surface area contributed by atoms with Gasteiger partial charge in [0, 0.05) is 52.6 Å². The number of nitrogens with zero attached hydrogens (tertiary/aromatic N) is 5. The smallest absolute Gasteiger partial charge is 0.385 e. The Kier molecular flexibility index (Phi) is 8.84. The molecule has 0 unspecified atom stereocenters. The van der Waals surface area contributed by atoms with Crippen LogP contribution in [0.3, 0.4) is 0 Å². The van der Waals surface area contributed by atoms with Crippen molar-refractivity contribution in [3.8, 4) is 5.82 Å². The van der Waals surface area contributed by atoms with Crippen LogP contribution in [-0.4, -0.2) is 89.4 Å². The van der Waals surface area contributed by atoms with Gasteiger partial charge in [0.1, 0.15) is 0 Å². The van der Waals surface area contributed by atoms with E-state index in [2.05, 4.69) is 15.4 Å². The van der Waals surface area contributed by atoms with Crippen LogP contribution in [0.5, 0.6) is 0 Å². The third-order valence-electron chi connectivity index (χ3n) is 5.75. The van der Waals surface area contributed by atoms with E-state index in [1.165, 1.54) is 16.9 Å². The van der Waals surface area contributed by atoms with Crippen molar-refractivity contribution >= 4 is 11.8 Å². The zero-order valence-electron chi connectivity index (χ0n) is 20.1. The molecule has 2 aromatic heterocycles. The van der Waals surface area contributed by atoms with Crippen LogP contribution in [-0.2, 0) is 15.7 Å². The Hall–Kier alpha value is -2.99. The molecule has 1 aliphatic heterocycles. The number of hydrogen-bond donors (Lipinski definition) is 1. The number of rotatable bonds is 9. The van der Waals surface area contributed by atoms with Crippen LogP contribution in [0.2, 0.25) is 0 Å². The van der Waals surface area contributed by atoms with Crippen molar-refractivity contribution in [2.75, 3.05) is 53.0 Å². The lowest BCUT2D eigenvalue weighted by molar-refractivity contribution is -0.137. The molecule has 3 rings (SSSR count). The second kappa shape index (κ2) is 11.6. The van der Waals surface area contributed by atoms with Crippen molar-refractivity contribution < 1.29 is 27.5 Å². The predicted molar refractivity (Wildman–Crippen MR) is 122 cm³/mol. The number of carbonyl (C=O) groups excluding carboxylic acids is 2. The molecule has 0 spiro atoms. The third kappa shape index (κ3) is 6.79. The molecule has 3 heterocycles. The first-order chi connectivity index (χ1) is 16.6. The zero-order valence-corrected chi connectivity index (χ0v) is 20.1. The molecule has 1 N–H and O–H groups in total. The van der Waals surface area contributed by atoms with Gasteiger partial charge in [0.05, 0.1) is 29.6 Å². The first kappa shape index (κ1) is 26.6. The summed E-state index contributed by atoms with van der Waals surface area (Å²) in [5.41, 5.74) is 0.128. The van der Waals surface area contributed by atoms with Gasteiger partial charge in [-0.15, -0.1) is 0 Å². The molecule has 0 aromatic carbocycles. The van der Waals surface area contributed by atoms with Crippen LogP contribution in [0, 0.1) is 0 Å². The summed E-state index contributed by atoms with van der Waals surface area (Å²) < 4.78 is 45.0. The SMILES string of the molecule is COCCCNC(=O)CN1CCN(C(=O)c2cnn(-c3ccc(C(F)(F)F)cn3)c2C(C)C)CC1. The maximum Gasteiger partial charge on any atom is 0.417 e. The summed E-state index contributed by atoms with van der Waals surface area (Å²) in [6.07, 6.45) is -1.53. The highest BCUT2D eigenvalue weighted by Gasteiger charge is 2.32. The number of carbonyl (C=O) groups is 2. The minimum absolute atomic E-state index is 0.0618. The highest BCUT2D eigenvalue weighted by molar-refractivity contribution is 5.95. The van der Waals surface area contributed by atoms with Crippen LogP contribution in [0.1, 0.15) is 47.8 Å². The first-order valence-corrected chi connectivity index (χ1v) is 11.5. The van der Waals surface area contributed by atoms with Crippen molar-refractivity contribution in [2.45, 2.75) is 32.4 Å². The van der Waals surface area contributed by atoms with Gasteiger partial charge in [0.25, 0.3) is 5.91 Å². The lowest BCUT2D eigenvalue weighted by Gasteiger charge is -2.34. The second-order valence-electron chi connectivity index (χ2n) is 8.68. The average Bonchev–Trinajstić information content (AvgIpc) is 3.27. The van der Waals surface area contributed by atoms with E-state index in [1.807, 2.05) is 18.7 Å². The lowest BCUT2D eigenvalue weighted by Crippen LogP contribution is -2.51.